The van der Waals surface area contributed by atoms with Crippen molar-refractivity contribution in [3.63, 3.8) is 0 Å². The summed E-state index contributed by atoms with van der Waals surface area (Å²) in [5.41, 5.74) is 1.15. The fraction of sp³-hybridized carbons (Fsp3) is 0.154. The lowest BCUT2D eigenvalue weighted by Gasteiger charge is -2.18. The van der Waals surface area contributed by atoms with Crippen LogP contribution in [0.2, 0.25) is 0 Å². The average Bonchev–Trinajstić information content (AvgIpc) is 2.84. The van der Waals surface area contributed by atoms with Gasteiger partial charge in [-0.2, -0.15) is 5.10 Å². The van der Waals surface area contributed by atoms with E-state index in [0.29, 0.717) is 5.56 Å². The molecular weight excluding hydrogens is 246 g/mol. The van der Waals surface area contributed by atoms with Crippen LogP contribution in [0, 0.1) is 0 Å². The molecule has 6 heteroatoms. The summed E-state index contributed by atoms with van der Waals surface area (Å²) in [7, 11) is 0. The second kappa shape index (κ2) is 5.34. The molecule has 1 aromatic carbocycles. The van der Waals surface area contributed by atoms with E-state index in [1.807, 2.05) is 0 Å². The molecule has 2 rings (SSSR count). The highest BCUT2D eigenvalue weighted by molar-refractivity contribution is 5.98. The highest BCUT2D eigenvalue weighted by Crippen LogP contribution is 2.14. The lowest BCUT2D eigenvalue weighted by Crippen LogP contribution is -2.35. The van der Waals surface area contributed by atoms with Gasteiger partial charge in [0.05, 0.1) is 11.7 Å². The molecular formula is C13H13N3O3. The first kappa shape index (κ1) is 12.8. The van der Waals surface area contributed by atoms with Crippen LogP contribution < -0.4 is 0 Å². The number of carbonyl (C=O) groups is 2. The molecule has 2 aromatic rings. The summed E-state index contributed by atoms with van der Waals surface area (Å²) >= 11 is 0. The van der Waals surface area contributed by atoms with Gasteiger partial charge in [-0.15, -0.1) is 6.58 Å². The fourth-order valence-corrected chi connectivity index (χ4v) is 1.79. The van der Waals surface area contributed by atoms with Gasteiger partial charge in [-0.3, -0.25) is 14.7 Å². The van der Waals surface area contributed by atoms with Gasteiger partial charge in [0, 0.05) is 17.5 Å². The van der Waals surface area contributed by atoms with Crippen LogP contribution in [-0.2, 0) is 4.79 Å². The number of carboxylic acid groups (broad SMARTS) is 1. The summed E-state index contributed by atoms with van der Waals surface area (Å²) in [4.78, 5) is 24.2. The average molecular weight is 259 g/mol. The van der Waals surface area contributed by atoms with Crippen LogP contribution in [0.5, 0.6) is 0 Å². The minimum atomic E-state index is -1.06. The molecule has 1 aromatic heterocycles. The normalized spacial score (nSPS) is 10.3. The van der Waals surface area contributed by atoms with Crippen molar-refractivity contribution in [3.8, 4) is 0 Å². The molecule has 98 valence electrons. The molecule has 0 bridgehead atoms. The lowest BCUT2D eigenvalue weighted by atomic mass is 10.1. The molecule has 1 heterocycles. The number of aliphatic carboxylic acids is 1. The second-order valence-electron chi connectivity index (χ2n) is 4.04. The van der Waals surface area contributed by atoms with Crippen molar-refractivity contribution in [2.75, 3.05) is 13.1 Å². The van der Waals surface area contributed by atoms with E-state index in [1.54, 1.807) is 24.4 Å². The Bertz CT molecular complexity index is 633. The van der Waals surface area contributed by atoms with Gasteiger partial charge in [-0.05, 0) is 12.1 Å². The molecule has 0 aliphatic carbocycles. The highest BCUT2D eigenvalue weighted by atomic mass is 16.4. The molecule has 0 saturated heterocycles. The summed E-state index contributed by atoms with van der Waals surface area (Å²) in [5, 5.41) is 16.3. The smallest absolute Gasteiger partial charge is 0.323 e. The Balaban J connectivity index is 2.28. The van der Waals surface area contributed by atoms with Crippen molar-refractivity contribution < 1.29 is 14.7 Å². The molecule has 0 aliphatic rings. The number of rotatable bonds is 5. The molecule has 0 radical (unpaired) electrons. The van der Waals surface area contributed by atoms with Gasteiger partial charge in [-0.1, -0.05) is 12.1 Å². The zero-order valence-corrected chi connectivity index (χ0v) is 10.2. The lowest BCUT2D eigenvalue weighted by molar-refractivity contribution is -0.137. The number of fused-ring (bicyclic) bond motifs is 1. The van der Waals surface area contributed by atoms with Crippen LogP contribution in [0.3, 0.4) is 0 Å². The number of benzene rings is 1. The van der Waals surface area contributed by atoms with Gasteiger partial charge in [-0.25, -0.2) is 0 Å². The quantitative estimate of drug-likeness (QED) is 0.792. The number of nitrogens with zero attached hydrogens (tertiary/aromatic N) is 2. The second-order valence-corrected chi connectivity index (χ2v) is 4.04. The number of aromatic amines is 1. The van der Waals surface area contributed by atoms with E-state index in [2.05, 4.69) is 16.8 Å². The Morgan fingerprint density at radius 3 is 2.95 bits per heavy atom. The van der Waals surface area contributed by atoms with E-state index < -0.39 is 5.97 Å². The van der Waals surface area contributed by atoms with Crippen LogP contribution in [-0.4, -0.2) is 45.2 Å². The number of carboxylic acids is 1. The number of carbonyl (C=O) groups excluding carboxylic acids is 1. The highest BCUT2D eigenvalue weighted by Gasteiger charge is 2.17. The molecule has 0 spiro atoms. The Morgan fingerprint density at radius 2 is 2.26 bits per heavy atom. The number of H-pyrrole nitrogens is 1. The molecule has 0 atom stereocenters. The first-order valence-electron chi connectivity index (χ1n) is 5.67. The van der Waals surface area contributed by atoms with Gasteiger partial charge < -0.3 is 10.0 Å². The van der Waals surface area contributed by atoms with E-state index in [-0.39, 0.29) is 19.0 Å². The predicted octanol–water partition coefficient (Wildman–Crippen LogP) is 1.28. The monoisotopic (exact) mass is 259 g/mol. The van der Waals surface area contributed by atoms with Crippen molar-refractivity contribution in [2.45, 2.75) is 0 Å². The number of hydrogen-bond acceptors (Lipinski definition) is 3. The van der Waals surface area contributed by atoms with Crippen LogP contribution in [0.4, 0.5) is 0 Å². The largest absolute Gasteiger partial charge is 0.480 e. The van der Waals surface area contributed by atoms with Crippen LogP contribution in [0.15, 0.2) is 37.1 Å². The Labute approximate surface area is 109 Å². The van der Waals surface area contributed by atoms with Gasteiger partial charge in [0.2, 0.25) is 0 Å². The van der Waals surface area contributed by atoms with E-state index in [0.717, 1.165) is 10.9 Å². The Hall–Kier alpha value is -2.63. The summed E-state index contributed by atoms with van der Waals surface area (Å²) in [6.07, 6.45) is 3.15. The Morgan fingerprint density at radius 1 is 1.47 bits per heavy atom. The number of hydrogen-bond donors (Lipinski definition) is 2. The minimum Gasteiger partial charge on any atom is -0.480 e. The molecule has 0 unspecified atom stereocenters. The van der Waals surface area contributed by atoms with Crippen molar-refractivity contribution in [3.05, 3.63) is 42.6 Å². The van der Waals surface area contributed by atoms with Crippen molar-refractivity contribution in [1.82, 2.24) is 15.1 Å². The zero-order chi connectivity index (χ0) is 13.8. The minimum absolute atomic E-state index is 0.187. The maximum Gasteiger partial charge on any atom is 0.323 e. The van der Waals surface area contributed by atoms with Gasteiger partial charge in [0.1, 0.15) is 6.54 Å². The van der Waals surface area contributed by atoms with E-state index >= 15 is 0 Å². The van der Waals surface area contributed by atoms with Crippen molar-refractivity contribution in [2.24, 2.45) is 0 Å². The molecule has 0 fully saturated rings. The molecule has 19 heavy (non-hydrogen) atoms. The van der Waals surface area contributed by atoms with Crippen molar-refractivity contribution >= 4 is 22.8 Å². The summed E-state index contributed by atoms with van der Waals surface area (Å²) in [6.45, 7) is 3.35. The predicted molar refractivity (Wildman–Crippen MR) is 69.8 cm³/mol. The Kier molecular flexibility index (Phi) is 3.61. The first-order chi connectivity index (χ1) is 9.11. The maximum absolute atomic E-state index is 12.2. The van der Waals surface area contributed by atoms with E-state index in [1.165, 1.54) is 11.0 Å². The third-order valence-corrected chi connectivity index (χ3v) is 2.65. The van der Waals surface area contributed by atoms with Gasteiger partial charge in [0.15, 0.2) is 0 Å². The summed E-state index contributed by atoms with van der Waals surface area (Å²) in [5.74, 6) is -1.41. The van der Waals surface area contributed by atoms with Crippen molar-refractivity contribution in [1.29, 1.82) is 0 Å². The molecule has 0 aliphatic heterocycles. The topological polar surface area (TPSA) is 86.3 Å². The number of aromatic nitrogens is 2. The first-order valence-corrected chi connectivity index (χ1v) is 5.67. The molecule has 1 amide bonds. The van der Waals surface area contributed by atoms with Gasteiger partial charge >= 0.3 is 5.97 Å². The molecule has 6 nitrogen and oxygen atoms in total. The van der Waals surface area contributed by atoms with E-state index in [9.17, 15) is 9.59 Å². The number of nitrogens with one attached hydrogen (secondary N) is 1. The van der Waals surface area contributed by atoms with Gasteiger partial charge in [0.25, 0.3) is 5.91 Å². The number of amides is 1. The van der Waals surface area contributed by atoms with Crippen LogP contribution >= 0.6 is 0 Å². The van der Waals surface area contributed by atoms with E-state index in [4.69, 9.17) is 5.11 Å². The molecule has 2 N–H and O–H groups in total. The van der Waals surface area contributed by atoms with Crippen LogP contribution in [0.1, 0.15) is 10.4 Å². The standard InChI is InChI=1S/C13H13N3O3/c1-2-5-16(8-12(17)18)13(19)9-3-4-10-7-14-15-11(10)6-9/h2-4,6-7H,1,5,8H2,(H,14,15)(H,17,18). The third-order valence-electron chi connectivity index (χ3n) is 2.65. The van der Waals surface area contributed by atoms with Crippen LogP contribution in [0.25, 0.3) is 10.9 Å². The zero-order valence-electron chi connectivity index (χ0n) is 10.2. The summed E-state index contributed by atoms with van der Waals surface area (Å²) < 4.78 is 0. The molecule has 0 saturated carbocycles. The fourth-order valence-electron chi connectivity index (χ4n) is 1.79. The maximum atomic E-state index is 12.2. The third kappa shape index (κ3) is 2.79. The SMILES string of the molecule is C=CCN(CC(=O)O)C(=O)c1ccc2cn[nH]c2c1. The summed E-state index contributed by atoms with van der Waals surface area (Å²) in [6, 6.07) is 5.07.